The SMILES string of the molecule is CCCCC/C=C\C/C=C\CCCCCCCCCCCC(=O)OCCCCCCCCCCC/C=C\C/C=C\CCCCCCCCCCCCCCCCCCCC(=O)NC(CO)C(O)CCCCCCCCCCCCCCCCCCCCCCC. The maximum absolute atomic E-state index is 12.6. The lowest BCUT2D eigenvalue weighted by atomic mass is 10.0. The first-order valence-corrected chi connectivity index (χ1v) is 40.9. The zero-order valence-electron chi connectivity index (χ0n) is 60.9. The number of unbranched alkanes of at least 4 members (excludes halogenated alkanes) is 58. The lowest BCUT2D eigenvalue weighted by Gasteiger charge is -2.22. The van der Waals surface area contributed by atoms with Gasteiger partial charge in [0.05, 0.1) is 25.4 Å². The monoisotopic (exact) mass is 1260 g/mol. The van der Waals surface area contributed by atoms with Gasteiger partial charge in [0, 0.05) is 12.8 Å². The second-order valence-electron chi connectivity index (χ2n) is 28.1. The normalized spacial score (nSPS) is 12.7. The fraction of sp³-hybridized carbons (Fsp3) is 0.881. The summed E-state index contributed by atoms with van der Waals surface area (Å²) >= 11 is 0. The minimum absolute atomic E-state index is 0.0110. The first-order valence-electron chi connectivity index (χ1n) is 40.9. The van der Waals surface area contributed by atoms with Crippen LogP contribution in [0.5, 0.6) is 0 Å². The number of amides is 1. The Morgan fingerprint density at radius 3 is 0.867 bits per heavy atom. The standard InChI is InChI=1S/C84H159NO5/c1-3-5-7-9-11-13-15-17-19-21-23-37-41-44-48-52-56-60-64-68-72-76-82(87)81(80-86)85-83(88)77-73-69-65-61-57-53-49-45-42-38-35-33-31-29-27-25-24-26-28-30-32-34-36-39-43-47-51-55-59-63-67-71-75-79-90-84(89)78-74-70-66-62-58-54-50-46-40-22-20-18-16-14-12-10-8-6-4-2/h12,14,18,20,28,30,34,36,81-82,86-87H,3-11,13,15-17,19,21-27,29,31-33,35,37-80H2,1-2H3,(H,85,88)/b14-12-,20-18-,30-28-,36-34-. The Morgan fingerprint density at radius 1 is 0.311 bits per heavy atom. The molecule has 0 saturated heterocycles. The van der Waals surface area contributed by atoms with Gasteiger partial charge in [-0.2, -0.15) is 0 Å². The number of aliphatic hydroxyl groups is 2. The van der Waals surface area contributed by atoms with Crippen LogP contribution in [0.2, 0.25) is 0 Å². The highest BCUT2D eigenvalue weighted by molar-refractivity contribution is 5.76. The summed E-state index contributed by atoms with van der Waals surface area (Å²) in [6.07, 6.45) is 105. The van der Waals surface area contributed by atoms with Gasteiger partial charge in [-0.15, -0.1) is 0 Å². The van der Waals surface area contributed by atoms with E-state index in [2.05, 4.69) is 67.8 Å². The van der Waals surface area contributed by atoms with Crippen molar-refractivity contribution in [1.82, 2.24) is 5.32 Å². The van der Waals surface area contributed by atoms with E-state index >= 15 is 0 Å². The molecule has 90 heavy (non-hydrogen) atoms. The molecule has 0 aliphatic carbocycles. The summed E-state index contributed by atoms with van der Waals surface area (Å²) in [5.74, 6) is -0.0173. The fourth-order valence-corrected chi connectivity index (χ4v) is 12.9. The van der Waals surface area contributed by atoms with Crippen LogP contribution in [0.3, 0.4) is 0 Å². The van der Waals surface area contributed by atoms with Gasteiger partial charge < -0.3 is 20.3 Å². The molecule has 6 heteroatoms. The Bertz CT molecular complexity index is 1500. The predicted molar refractivity (Wildman–Crippen MR) is 398 cm³/mol. The van der Waals surface area contributed by atoms with Crippen molar-refractivity contribution in [2.45, 2.75) is 463 Å². The van der Waals surface area contributed by atoms with Crippen molar-refractivity contribution in [3.63, 3.8) is 0 Å². The van der Waals surface area contributed by atoms with E-state index < -0.39 is 12.1 Å². The Hall–Kier alpha value is -2.18. The number of esters is 1. The molecular formula is C84H159NO5. The van der Waals surface area contributed by atoms with Crippen molar-refractivity contribution in [2.75, 3.05) is 13.2 Å². The smallest absolute Gasteiger partial charge is 0.305 e. The second-order valence-corrected chi connectivity index (χ2v) is 28.1. The van der Waals surface area contributed by atoms with Crippen LogP contribution in [-0.4, -0.2) is 47.4 Å². The van der Waals surface area contributed by atoms with Gasteiger partial charge in [-0.1, -0.05) is 396 Å². The summed E-state index contributed by atoms with van der Waals surface area (Å²) in [5.41, 5.74) is 0. The second kappa shape index (κ2) is 79.3. The molecule has 0 aromatic carbocycles. The molecule has 0 saturated carbocycles. The molecule has 0 bridgehead atoms. The van der Waals surface area contributed by atoms with E-state index in [0.29, 0.717) is 25.9 Å². The van der Waals surface area contributed by atoms with E-state index in [4.69, 9.17) is 4.74 Å². The number of aliphatic hydroxyl groups excluding tert-OH is 2. The fourth-order valence-electron chi connectivity index (χ4n) is 12.9. The average molecular weight is 1260 g/mol. The van der Waals surface area contributed by atoms with Crippen molar-refractivity contribution in [3.8, 4) is 0 Å². The van der Waals surface area contributed by atoms with Crippen LogP contribution in [0.25, 0.3) is 0 Å². The average Bonchev–Trinajstić information content (AvgIpc) is 3.65. The quantitative estimate of drug-likeness (QED) is 0.0320. The summed E-state index contributed by atoms with van der Waals surface area (Å²) in [4.78, 5) is 24.7. The van der Waals surface area contributed by atoms with Gasteiger partial charge in [-0.3, -0.25) is 9.59 Å². The highest BCUT2D eigenvalue weighted by Crippen LogP contribution is 2.20. The maximum atomic E-state index is 12.6. The van der Waals surface area contributed by atoms with E-state index in [1.807, 2.05) is 0 Å². The number of nitrogens with one attached hydrogen (secondary N) is 1. The first kappa shape index (κ1) is 87.8. The molecule has 530 valence electrons. The molecule has 0 spiro atoms. The van der Waals surface area contributed by atoms with Crippen molar-refractivity contribution in [3.05, 3.63) is 48.6 Å². The van der Waals surface area contributed by atoms with E-state index in [9.17, 15) is 19.8 Å². The van der Waals surface area contributed by atoms with Gasteiger partial charge in [0.2, 0.25) is 5.91 Å². The van der Waals surface area contributed by atoms with Crippen LogP contribution in [0.4, 0.5) is 0 Å². The van der Waals surface area contributed by atoms with Crippen LogP contribution in [0.1, 0.15) is 450 Å². The summed E-state index contributed by atoms with van der Waals surface area (Å²) < 4.78 is 5.51. The van der Waals surface area contributed by atoms with Crippen LogP contribution in [-0.2, 0) is 14.3 Å². The van der Waals surface area contributed by atoms with Gasteiger partial charge in [0.1, 0.15) is 0 Å². The number of rotatable bonds is 77. The number of allylic oxidation sites excluding steroid dienone is 8. The minimum atomic E-state index is -0.665. The van der Waals surface area contributed by atoms with E-state index in [1.54, 1.807) is 0 Å². The van der Waals surface area contributed by atoms with Crippen LogP contribution >= 0.6 is 0 Å². The number of carbonyl (C=O) groups excluding carboxylic acids is 2. The van der Waals surface area contributed by atoms with Crippen LogP contribution in [0, 0.1) is 0 Å². The Balaban J connectivity index is 3.38. The molecule has 0 aliphatic heterocycles. The molecule has 3 N–H and O–H groups in total. The summed E-state index contributed by atoms with van der Waals surface area (Å²) in [6.45, 7) is 4.97. The van der Waals surface area contributed by atoms with Gasteiger partial charge in [-0.05, 0) is 89.9 Å². The van der Waals surface area contributed by atoms with E-state index in [-0.39, 0.29) is 18.5 Å². The van der Waals surface area contributed by atoms with E-state index in [1.165, 1.54) is 360 Å². The first-order chi connectivity index (χ1) is 44.5. The molecule has 0 heterocycles. The number of hydrogen-bond acceptors (Lipinski definition) is 5. The van der Waals surface area contributed by atoms with E-state index in [0.717, 1.165) is 57.8 Å². The molecule has 0 aromatic rings. The van der Waals surface area contributed by atoms with Gasteiger partial charge in [0.25, 0.3) is 0 Å². The van der Waals surface area contributed by atoms with Crippen molar-refractivity contribution < 1.29 is 24.5 Å². The lowest BCUT2D eigenvalue weighted by molar-refractivity contribution is -0.143. The molecule has 0 aromatic heterocycles. The third-order valence-electron chi connectivity index (χ3n) is 19.1. The van der Waals surface area contributed by atoms with Crippen molar-refractivity contribution in [1.29, 1.82) is 0 Å². The summed E-state index contributed by atoms with van der Waals surface area (Å²) in [5, 5.41) is 23.5. The van der Waals surface area contributed by atoms with Crippen molar-refractivity contribution >= 4 is 11.9 Å². The molecule has 0 radical (unpaired) electrons. The Kier molecular flexibility index (Phi) is 77.3. The van der Waals surface area contributed by atoms with Crippen LogP contribution in [0.15, 0.2) is 48.6 Å². The van der Waals surface area contributed by atoms with Gasteiger partial charge in [0.15, 0.2) is 0 Å². The third-order valence-corrected chi connectivity index (χ3v) is 19.1. The Morgan fingerprint density at radius 2 is 0.556 bits per heavy atom. The maximum Gasteiger partial charge on any atom is 0.305 e. The number of ether oxygens (including phenoxy) is 1. The third kappa shape index (κ3) is 74.9. The zero-order chi connectivity index (χ0) is 64.9. The molecule has 1 amide bonds. The van der Waals surface area contributed by atoms with Crippen molar-refractivity contribution in [2.24, 2.45) is 0 Å². The molecule has 6 nitrogen and oxygen atoms in total. The molecular weight excluding hydrogens is 1100 g/mol. The molecule has 0 fully saturated rings. The topological polar surface area (TPSA) is 95.9 Å². The van der Waals surface area contributed by atoms with Gasteiger partial charge in [-0.25, -0.2) is 0 Å². The highest BCUT2D eigenvalue weighted by atomic mass is 16.5. The molecule has 0 aliphatic rings. The zero-order valence-corrected chi connectivity index (χ0v) is 60.9. The van der Waals surface area contributed by atoms with Crippen LogP contribution < -0.4 is 5.32 Å². The Labute approximate surface area is 563 Å². The minimum Gasteiger partial charge on any atom is -0.466 e. The highest BCUT2D eigenvalue weighted by Gasteiger charge is 2.20. The molecule has 2 unspecified atom stereocenters. The van der Waals surface area contributed by atoms with Gasteiger partial charge >= 0.3 is 5.97 Å². The molecule has 0 rings (SSSR count). The predicted octanol–water partition coefficient (Wildman–Crippen LogP) is 27.2. The number of hydrogen-bond donors (Lipinski definition) is 3. The summed E-state index contributed by atoms with van der Waals surface area (Å²) in [7, 11) is 0. The largest absolute Gasteiger partial charge is 0.466 e. The molecule has 2 atom stereocenters. The number of carbonyl (C=O) groups is 2. The summed E-state index contributed by atoms with van der Waals surface area (Å²) in [6, 6.07) is -0.542. The lowest BCUT2D eigenvalue weighted by Crippen LogP contribution is -2.45.